The fourth-order valence-electron chi connectivity index (χ4n) is 2.91. The van der Waals surface area contributed by atoms with Crippen LogP contribution in [0.2, 0.25) is 0 Å². The minimum absolute atomic E-state index is 0.382. The van der Waals surface area contributed by atoms with Crippen molar-refractivity contribution in [3.63, 3.8) is 0 Å². The molecule has 0 aliphatic rings. The summed E-state index contributed by atoms with van der Waals surface area (Å²) >= 11 is 0. The maximum atomic E-state index is 16.2. The highest BCUT2D eigenvalue weighted by atomic mass is 19.1. The molecule has 0 radical (unpaired) electrons. The first-order chi connectivity index (χ1) is 11.7. The predicted octanol–water partition coefficient (Wildman–Crippen LogP) is 5.51. The SMILES string of the molecule is CC(OCc1ccccc1)C(F)(c1ccccc1)c1ccccc1. The Bertz CT molecular complexity index is 701. The molecule has 0 heterocycles. The topological polar surface area (TPSA) is 9.23 Å². The Hall–Kier alpha value is -2.45. The van der Waals surface area contributed by atoms with Crippen molar-refractivity contribution in [2.24, 2.45) is 0 Å². The zero-order valence-electron chi connectivity index (χ0n) is 13.7. The largest absolute Gasteiger partial charge is 0.370 e. The van der Waals surface area contributed by atoms with Gasteiger partial charge >= 0.3 is 0 Å². The van der Waals surface area contributed by atoms with Gasteiger partial charge in [-0.1, -0.05) is 91.0 Å². The third kappa shape index (κ3) is 3.39. The Morgan fingerprint density at radius 2 is 1.17 bits per heavy atom. The standard InChI is InChI=1S/C22H21FO/c1-18(24-17-19-11-5-2-6-12-19)22(23,20-13-7-3-8-14-20)21-15-9-4-10-16-21/h2-16,18H,17H2,1H3. The first kappa shape index (κ1) is 16.4. The van der Waals surface area contributed by atoms with E-state index in [4.69, 9.17) is 4.74 Å². The van der Waals surface area contributed by atoms with Crippen molar-refractivity contribution in [3.05, 3.63) is 108 Å². The van der Waals surface area contributed by atoms with Crippen LogP contribution in [-0.4, -0.2) is 6.10 Å². The van der Waals surface area contributed by atoms with Crippen molar-refractivity contribution in [2.45, 2.75) is 25.3 Å². The fourth-order valence-corrected chi connectivity index (χ4v) is 2.91. The van der Waals surface area contributed by atoms with Gasteiger partial charge in [-0.25, -0.2) is 4.39 Å². The molecule has 0 bridgehead atoms. The molecule has 24 heavy (non-hydrogen) atoms. The number of halogens is 1. The smallest absolute Gasteiger partial charge is 0.186 e. The molecule has 3 aromatic rings. The number of alkyl halides is 1. The number of ether oxygens (including phenoxy) is 1. The molecule has 1 nitrogen and oxygen atoms in total. The van der Waals surface area contributed by atoms with E-state index in [1.54, 1.807) is 6.92 Å². The second-order valence-electron chi connectivity index (χ2n) is 5.88. The average Bonchev–Trinajstić information content (AvgIpc) is 2.67. The first-order valence-electron chi connectivity index (χ1n) is 8.16. The van der Waals surface area contributed by atoms with Gasteiger partial charge in [-0.05, 0) is 23.6 Å². The number of rotatable bonds is 6. The Kier molecular flexibility index (Phi) is 5.07. The summed E-state index contributed by atoms with van der Waals surface area (Å²) in [6.07, 6.45) is -0.623. The van der Waals surface area contributed by atoms with Crippen molar-refractivity contribution in [1.29, 1.82) is 0 Å². The lowest BCUT2D eigenvalue weighted by Gasteiger charge is -2.32. The van der Waals surface area contributed by atoms with Gasteiger partial charge < -0.3 is 4.74 Å². The van der Waals surface area contributed by atoms with Crippen LogP contribution in [0.1, 0.15) is 23.6 Å². The second kappa shape index (κ2) is 7.41. The van der Waals surface area contributed by atoms with Gasteiger partial charge in [-0.15, -0.1) is 0 Å². The molecule has 1 atom stereocenters. The minimum Gasteiger partial charge on any atom is -0.370 e. The molecule has 2 heteroatoms. The van der Waals surface area contributed by atoms with Gasteiger partial charge in [0.15, 0.2) is 5.67 Å². The maximum Gasteiger partial charge on any atom is 0.186 e. The molecule has 0 saturated carbocycles. The highest BCUT2D eigenvalue weighted by Crippen LogP contribution is 2.38. The molecule has 0 aliphatic carbocycles. The molecule has 0 saturated heterocycles. The van der Waals surface area contributed by atoms with Gasteiger partial charge in [-0.2, -0.15) is 0 Å². The lowest BCUT2D eigenvalue weighted by Crippen LogP contribution is -2.36. The van der Waals surface area contributed by atoms with Crippen LogP contribution < -0.4 is 0 Å². The molecular weight excluding hydrogens is 299 g/mol. The van der Waals surface area contributed by atoms with Crippen LogP contribution in [0.3, 0.4) is 0 Å². The molecule has 122 valence electrons. The molecule has 0 spiro atoms. The summed E-state index contributed by atoms with van der Waals surface area (Å²) in [4.78, 5) is 0. The van der Waals surface area contributed by atoms with E-state index in [1.165, 1.54) is 0 Å². The minimum atomic E-state index is -1.70. The van der Waals surface area contributed by atoms with E-state index in [-0.39, 0.29) is 0 Å². The zero-order chi connectivity index (χ0) is 16.8. The zero-order valence-corrected chi connectivity index (χ0v) is 13.7. The molecule has 0 amide bonds. The molecule has 1 unspecified atom stereocenters. The summed E-state index contributed by atoms with van der Waals surface area (Å²) in [5.41, 5.74) is 0.554. The van der Waals surface area contributed by atoms with E-state index in [0.29, 0.717) is 17.7 Å². The van der Waals surface area contributed by atoms with Crippen molar-refractivity contribution in [2.75, 3.05) is 0 Å². The van der Waals surface area contributed by atoms with Crippen LogP contribution in [0.25, 0.3) is 0 Å². The highest BCUT2D eigenvalue weighted by Gasteiger charge is 2.40. The van der Waals surface area contributed by atoms with Gasteiger partial charge in [0.1, 0.15) is 0 Å². The van der Waals surface area contributed by atoms with Gasteiger partial charge in [0, 0.05) is 0 Å². The Balaban J connectivity index is 1.90. The van der Waals surface area contributed by atoms with Crippen molar-refractivity contribution < 1.29 is 9.13 Å². The molecular formula is C22H21FO. The van der Waals surface area contributed by atoms with E-state index in [2.05, 4.69) is 0 Å². The Morgan fingerprint density at radius 3 is 1.62 bits per heavy atom. The normalized spacial score (nSPS) is 12.8. The van der Waals surface area contributed by atoms with Gasteiger partial charge in [0.25, 0.3) is 0 Å². The van der Waals surface area contributed by atoms with Crippen molar-refractivity contribution in [1.82, 2.24) is 0 Å². The number of benzene rings is 3. The van der Waals surface area contributed by atoms with Crippen molar-refractivity contribution in [3.8, 4) is 0 Å². The van der Waals surface area contributed by atoms with Crippen LogP contribution >= 0.6 is 0 Å². The number of hydrogen-bond donors (Lipinski definition) is 0. The van der Waals surface area contributed by atoms with Gasteiger partial charge in [0.2, 0.25) is 0 Å². The highest BCUT2D eigenvalue weighted by molar-refractivity contribution is 5.37. The number of hydrogen-bond acceptors (Lipinski definition) is 1. The van der Waals surface area contributed by atoms with Crippen LogP contribution in [-0.2, 0) is 17.0 Å². The predicted molar refractivity (Wildman–Crippen MR) is 95.5 cm³/mol. The lowest BCUT2D eigenvalue weighted by atomic mass is 9.84. The average molecular weight is 320 g/mol. The van der Waals surface area contributed by atoms with Crippen LogP contribution in [0.5, 0.6) is 0 Å². The molecule has 0 N–H and O–H groups in total. The van der Waals surface area contributed by atoms with Gasteiger partial charge in [-0.3, -0.25) is 0 Å². The second-order valence-corrected chi connectivity index (χ2v) is 5.88. The Morgan fingerprint density at radius 1 is 0.750 bits per heavy atom. The third-order valence-corrected chi connectivity index (χ3v) is 4.29. The van der Waals surface area contributed by atoms with E-state index in [9.17, 15) is 0 Å². The molecule has 0 fully saturated rings. The third-order valence-electron chi connectivity index (χ3n) is 4.29. The lowest BCUT2D eigenvalue weighted by molar-refractivity contribution is -0.0417. The van der Waals surface area contributed by atoms with E-state index >= 15 is 4.39 Å². The van der Waals surface area contributed by atoms with Gasteiger partial charge in [0.05, 0.1) is 12.7 Å². The molecule has 0 aromatic heterocycles. The fraction of sp³-hybridized carbons (Fsp3) is 0.182. The monoisotopic (exact) mass is 320 g/mol. The van der Waals surface area contributed by atoms with Crippen molar-refractivity contribution >= 4 is 0 Å². The molecule has 3 aromatic carbocycles. The summed E-state index contributed by atoms with van der Waals surface area (Å²) in [5, 5.41) is 0. The summed E-state index contributed by atoms with van der Waals surface area (Å²) in [5.74, 6) is 0. The summed E-state index contributed by atoms with van der Waals surface area (Å²) in [6, 6.07) is 28.3. The Labute approximate surface area is 142 Å². The van der Waals surface area contributed by atoms with Crippen LogP contribution in [0.4, 0.5) is 4.39 Å². The van der Waals surface area contributed by atoms with Crippen LogP contribution in [0, 0.1) is 0 Å². The molecule has 0 aliphatic heterocycles. The molecule has 3 rings (SSSR count). The van der Waals surface area contributed by atoms with E-state index in [0.717, 1.165) is 5.56 Å². The summed E-state index contributed by atoms with van der Waals surface area (Å²) in [6.45, 7) is 2.18. The van der Waals surface area contributed by atoms with Crippen LogP contribution in [0.15, 0.2) is 91.0 Å². The van der Waals surface area contributed by atoms with E-state index < -0.39 is 11.8 Å². The quantitative estimate of drug-likeness (QED) is 0.582. The first-order valence-corrected chi connectivity index (χ1v) is 8.16. The summed E-state index contributed by atoms with van der Waals surface area (Å²) < 4.78 is 22.2. The maximum absolute atomic E-state index is 16.2. The van der Waals surface area contributed by atoms with E-state index in [1.807, 2.05) is 91.0 Å². The summed E-state index contributed by atoms with van der Waals surface area (Å²) in [7, 11) is 0.